The molecular weight excluding hydrogens is 454 g/mol. The molecule has 0 unspecified atom stereocenters. The molecule has 36 heavy (non-hydrogen) atoms. The van der Waals surface area contributed by atoms with Crippen LogP contribution in [0.3, 0.4) is 0 Å². The molecule has 190 valence electrons. The van der Waals surface area contributed by atoms with Gasteiger partial charge in [-0.15, -0.1) is 0 Å². The van der Waals surface area contributed by atoms with Gasteiger partial charge in [-0.1, -0.05) is 26.0 Å². The van der Waals surface area contributed by atoms with E-state index in [4.69, 9.17) is 4.98 Å². The van der Waals surface area contributed by atoms with Crippen LogP contribution in [-0.4, -0.2) is 50.6 Å². The van der Waals surface area contributed by atoms with Crippen LogP contribution in [0.15, 0.2) is 41.5 Å². The first-order chi connectivity index (χ1) is 17.2. The summed E-state index contributed by atoms with van der Waals surface area (Å²) in [5.41, 5.74) is 2.20. The number of benzene rings is 1. The van der Waals surface area contributed by atoms with Crippen molar-refractivity contribution in [2.45, 2.75) is 64.3 Å². The van der Waals surface area contributed by atoms with Gasteiger partial charge in [0.2, 0.25) is 11.4 Å². The number of hydrogen-bond donors (Lipinski definition) is 2. The maximum atomic E-state index is 12.9. The number of fused-ring (bicyclic) bond motifs is 1. The van der Waals surface area contributed by atoms with Crippen LogP contribution in [0.2, 0.25) is 0 Å². The minimum atomic E-state index is -1.22. The Morgan fingerprint density at radius 2 is 1.75 bits per heavy atom. The van der Waals surface area contributed by atoms with Crippen LogP contribution in [0.1, 0.15) is 80.3 Å². The molecule has 0 spiro atoms. The molecule has 0 amide bonds. The average molecular weight is 490 g/mol. The second-order valence-electron chi connectivity index (χ2n) is 11.2. The van der Waals surface area contributed by atoms with Gasteiger partial charge in [-0.05, 0) is 87.7 Å². The molecule has 0 bridgehead atoms. The molecule has 1 aliphatic heterocycles. The zero-order valence-electron chi connectivity index (χ0n) is 21.3. The zero-order valence-corrected chi connectivity index (χ0v) is 21.3. The molecule has 8 heteroatoms. The highest BCUT2D eigenvalue weighted by molar-refractivity contribution is 5.91. The number of piperidine rings is 1. The Morgan fingerprint density at radius 1 is 1.08 bits per heavy atom. The van der Waals surface area contributed by atoms with Crippen molar-refractivity contribution in [1.29, 1.82) is 0 Å². The van der Waals surface area contributed by atoms with E-state index >= 15 is 0 Å². The van der Waals surface area contributed by atoms with Crippen LogP contribution in [0, 0.1) is 5.41 Å². The number of likely N-dealkylation sites (tertiary alicyclic amines) is 1. The lowest BCUT2D eigenvalue weighted by Gasteiger charge is -2.35. The number of pyridine rings is 1. The van der Waals surface area contributed by atoms with Crippen LogP contribution in [0.4, 0.5) is 11.6 Å². The van der Waals surface area contributed by atoms with E-state index in [1.807, 2.05) is 16.7 Å². The Balaban J connectivity index is 1.44. The summed E-state index contributed by atoms with van der Waals surface area (Å²) in [5.74, 6) is -0.244. The summed E-state index contributed by atoms with van der Waals surface area (Å²) in [6, 6.07) is 8.52. The molecule has 1 saturated carbocycles. The lowest BCUT2D eigenvalue weighted by atomic mass is 9.75. The lowest BCUT2D eigenvalue weighted by Crippen LogP contribution is -2.29. The van der Waals surface area contributed by atoms with Gasteiger partial charge in [0.25, 0.3) is 0 Å². The third-order valence-electron chi connectivity index (χ3n) is 8.06. The number of nitrogens with one attached hydrogen (secondary N) is 1. The molecule has 8 nitrogen and oxygen atoms in total. The van der Waals surface area contributed by atoms with Crippen LogP contribution >= 0.6 is 0 Å². The van der Waals surface area contributed by atoms with Gasteiger partial charge in [-0.3, -0.25) is 4.79 Å². The van der Waals surface area contributed by atoms with Crippen molar-refractivity contribution < 1.29 is 9.90 Å². The molecule has 0 radical (unpaired) electrons. The number of nitrogens with zero attached hydrogens (tertiary/aromatic N) is 4. The molecule has 2 N–H and O–H groups in total. The van der Waals surface area contributed by atoms with Gasteiger partial charge in [0, 0.05) is 24.1 Å². The van der Waals surface area contributed by atoms with Gasteiger partial charge in [0.05, 0.1) is 5.39 Å². The predicted octanol–water partition coefficient (Wildman–Crippen LogP) is 5.18. The van der Waals surface area contributed by atoms with Gasteiger partial charge >= 0.3 is 5.97 Å². The second-order valence-corrected chi connectivity index (χ2v) is 11.2. The van der Waals surface area contributed by atoms with Gasteiger partial charge in [0.15, 0.2) is 0 Å². The molecular formula is C28H35N5O3. The number of carboxylic acids is 1. The summed E-state index contributed by atoms with van der Waals surface area (Å²) >= 11 is 0. The summed E-state index contributed by atoms with van der Waals surface area (Å²) < 4.78 is 1.89. The van der Waals surface area contributed by atoms with E-state index in [9.17, 15) is 14.7 Å². The molecule has 0 atom stereocenters. The first-order valence-corrected chi connectivity index (χ1v) is 12.9. The van der Waals surface area contributed by atoms with Gasteiger partial charge in [0.1, 0.15) is 11.2 Å². The predicted molar refractivity (Wildman–Crippen MR) is 141 cm³/mol. The van der Waals surface area contributed by atoms with E-state index in [2.05, 4.69) is 48.2 Å². The lowest BCUT2D eigenvalue weighted by molar-refractivity contribution is 0.0694. The third-order valence-corrected chi connectivity index (χ3v) is 8.06. The summed E-state index contributed by atoms with van der Waals surface area (Å²) in [4.78, 5) is 36.1. The van der Waals surface area contributed by atoms with E-state index in [1.54, 1.807) is 0 Å². The number of carbonyl (C=O) groups is 1. The van der Waals surface area contributed by atoms with Crippen LogP contribution in [0.25, 0.3) is 11.0 Å². The van der Waals surface area contributed by atoms with Crippen molar-refractivity contribution in [3.05, 3.63) is 58.0 Å². The minimum Gasteiger partial charge on any atom is -0.477 e. The topological polar surface area (TPSA) is 100 Å². The Labute approximate surface area is 211 Å². The first-order valence-electron chi connectivity index (χ1n) is 12.9. The molecule has 2 aliphatic rings. The monoisotopic (exact) mass is 489 g/mol. The fourth-order valence-electron chi connectivity index (χ4n) is 5.60. The highest BCUT2D eigenvalue weighted by Gasteiger charge is 2.29. The molecule has 1 saturated heterocycles. The maximum Gasteiger partial charge on any atom is 0.341 e. The van der Waals surface area contributed by atoms with Crippen molar-refractivity contribution in [3.63, 3.8) is 0 Å². The standard InChI is InChI=1S/C28H35N5O3/c1-28(2)12-8-21(9-13-28)33-17-23(26(35)36)24(34)22-16-29-27(31-25(22)33)30-20-6-4-18(5-7-20)19-10-14-32(3)15-11-19/h4-7,16-17,19,21H,8-15H2,1-3H3,(H,35,36)(H,29,30,31). The number of aromatic nitrogens is 3. The molecule has 5 rings (SSSR count). The molecule has 3 aromatic rings. The van der Waals surface area contributed by atoms with E-state index in [0.717, 1.165) is 44.5 Å². The Morgan fingerprint density at radius 3 is 2.39 bits per heavy atom. The Kier molecular flexibility index (Phi) is 6.55. The van der Waals surface area contributed by atoms with Gasteiger partial charge in [-0.25, -0.2) is 9.78 Å². The van der Waals surface area contributed by atoms with Crippen molar-refractivity contribution in [2.75, 3.05) is 25.5 Å². The number of aromatic carboxylic acids is 1. The first kappa shape index (κ1) is 24.4. The second kappa shape index (κ2) is 9.65. The van der Waals surface area contributed by atoms with Gasteiger partial charge in [-0.2, -0.15) is 4.98 Å². The van der Waals surface area contributed by atoms with Crippen molar-refractivity contribution in [2.24, 2.45) is 5.41 Å². The van der Waals surface area contributed by atoms with Crippen LogP contribution in [-0.2, 0) is 0 Å². The Hall–Kier alpha value is -3.26. The highest BCUT2D eigenvalue weighted by atomic mass is 16.4. The van der Waals surface area contributed by atoms with Crippen molar-refractivity contribution >= 4 is 28.6 Å². The fourth-order valence-corrected chi connectivity index (χ4v) is 5.60. The Bertz CT molecular complexity index is 1310. The average Bonchev–Trinajstić information content (AvgIpc) is 2.85. The number of carboxylic acid groups (broad SMARTS) is 1. The quantitative estimate of drug-likeness (QED) is 0.509. The van der Waals surface area contributed by atoms with Crippen molar-refractivity contribution in [1.82, 2.24) is 19.4 Å². The SMILES string of the molecule is CN1CCC(c2ccc(Nc3ncc4c(=O)c(C(=O)O)cn(C5CCC(C)(C)CC5)c4n3)cc2)CC1. The highest BCUT2D eigenvalue weighted by Crippen LogP contribution is 2.40. The van der Waals surface area contributed by atoms with E-state index in [0.29, 0.717) is 17.5 Å². The summed E-state index contributed by atoms with van der Waals surface area (Å²) in [5, 5.41) is 13.2. The molecule has 2 fully saturated rings. The minimum absolute atomic E-state index is 0.0933. The van der Waals surface area contributed by atoms with E-state index in [1.165, 1.54) is 30.8 Å². The summed E-state index contributed by atoms with van der Waals surface area (Å²) in [6.07, 6.45) is 9.17. The number of anilines is 2. The number of rotatable bonds is 5. The van der Waals surface area contributed by atoms with E-state index < -0.39 is 11.4 Å². The molecule has 1 aromatic carbocycles. The smallest absolute Gasteiger partial charge is 0.341 e. The summed E-state index contributed by atoms with van der Waals surface area (Å²) in [7, 11) is 2.17. The van der Waals surface area contributed by atoms with E-state index in [-0.39, 0.29) is 22.4 Å². The molecule has 3 heterocycles. The van der Waals surface area contributed by atoms with Gasteiger partial charge < -0.3 is 19.9 Å². The number of hydrogen-bond acceptors (Lipinski definition) is 6. The summed E-state index contributed by atoms with van der Waals surface area (Å²) in [6.45, 7) is 6.77. The van der Waals surface area contributed by atoms with Crippen LogP contribution in [0.5, 0.6) is 0 Å². The zero-order chi connectivity index (χ0) is 25.4. The normalized spacial score (nSPS) is 19.4. The maximum absolute atomic E-state index is 12.9. The van der Waals surface area contributed by atoms with Crippen molar-refractivity contribution in [3.8, 4) is 0 Å². The molecule has 1 aliphatic carbocycles. The third kappa shape index (κ3) is 5.00. The fraction of sp³-hybridized carbons (Fsp3) is 0.500. The molecule has 2 aromatic heterocycles. The largest absolute Gasteiger partial charge is 0.477 e. The van der Waals surface area contributed by atoms with Crippen LogP contribution < -0.4 is 10.7 Å².